The van der Waals surface area contributed by atoms with Crippen molar-refractivity contribution in [3.63, 3.8) is 0 Å². The van der Waals surface area contributed by atoms with Gasteiger partial charge < -0.3 is 15.2 Å². The maximum atomic E-state index is 11.9. The van der Waals surface area contributed by atoms with Crippen LogP contribution in [0.15, 0.2) is 18.3 Å². The first kappa shape index (κ1) is 12.8. The van der Waals surface area contributed by atoms with Crippen LogP contribution in [0.5, 0.6) is 0 Å². The summed E-state index contributed by atoms with van der Waals surface area (Å²) in [7, 11) is 0. The molecule has 2 N–H and O–H groups in total. The molecule has 2 heterocycles. The molecule has 0 saturated carbocycles. The Morgan fingerprint density at radius 3 is 2.94 bits per heavy atom. The van der Waals surface area contributed by atoms with E-state index in [0.29, 0.717) is 5.56 Å². The molecule has 2 unspecified atom stereocenters. The van der Waals surface area contributed by atoms with Crippen LogP contribution < -0.4 is 5.32 Å². The Hall–Kier alpha value is -1.66. The molecular formula is C11H11ClN2O4. The van der Waals surface area contributed by atoms with Crippen molar-refractivity contribution in [2.75, 3.05) is 13.2 Å². The number of carbonyl (C=O) groups is 2. The van der Waals surface area contributed by atoms with Gasteiger partial charge in [0.05, 0.1) is 19.3 Å². The fourth-order valence-electron chi connectivity index (χ4n) is 1.74. The second kappa shape index (κ2) is 5.32. The maximum Gasteiger partial charge on any atom is 0.311 e. The van der Waals surface area contributed by atoms with Gasteiger partial charge in [0.2, 0.25) is 0 Å². The van der Waals surface area contributed by atoms with E-state index in [1.165, 1.54) is 18.3 Å². The Bertz CT molecular complexity index is 480. The van der Waals surface area contributed by atoms with Crippen LogP contribution in [0.1, 0.15) is 10.4 Å². The lowest BCUT2D eigenvalue weighted by Gasteiger charge is -2.15. The van der Waals surface area contributed by atoms with Crippen LogP contribution in [-0.2, 0) is 9.53 Å². The zero-order valence-electron chi connectivity index (χ0n) is 9.30. The summed E-state index contributed by atoms with van der Waals surface area (Å²) in [4.78, 5) is 26.6. The Morgan fingerprint density at radius 1 is 1.50 bits per heavy atom. The number of amides is 1. The predicted octanol–water partition coefficient (Wildman–Crippen LogP) is 0.564. The normalized spacial score (nSPS) is 22.7. The van der Waals surface area contributed by atoms with Crippen LogP contribution in [0.3, 0.4) is 0 Å². The van der Waals surface area contributed by atoms with E-state index in [1.54, 1.807) is 0 Å². The third-order valence-electron chi connectivity index (χ3n) is 2.70. The molecule has 0 aliphatic carbocycles. The number of carbonyl (C=O) groups excluding carboxylic acids is 1. The molecule has 1 fully saturated rings. The minimum atomic E-state index is -0.981. The zero-order chi connectivity index (χ0) is 13.1. The van der Waals surface area contributed by atoms with Gasteiger partial charge in [0.15, 0.2) is 0 Å². The average molecular weight is 271 g/mol. The predicted molar refractivity (Wildman–Crippen MR) is 62.4 cm³/mol. The summed E-state index contributed by atoms with van der Waals surface area (Å²) in [5, 5.41) is 11.8. The van der Waals surface area contributed by atoms with Crippen molar-refractivity contribution in [1.82, 2.24) is 10.3 Å². The minimum Gasteiger partial charge on any atom is -0.481 e. The minimum absolute atomic E-state index is 0.109. The lowest BCUT2D eigenvalue weighted by molar-refractivity contribution is -0.142. The standard InChI is InChI=1S/C11H11ClN2O4/c12-9-3-6(1-2-13-9)10(15)14-8-5-18-4-7(8)11(16)17/h1-3,7-8H,4-5H2,(H,14,15)(H,16,17). The van der Waals surface area contributed by atoms with E-state index in [1.807, 2.05) is 0 Å². The van der Waals surface area contributed by atoms with Gasteiger partial charge in [-0.1, -0.05) is 11.6 Å². The molecule has 7 heteroatoms. The first-order valence-electron chi connectivity index (χ1n) is 5.31. The molecule has 1 aliphatic rings. The summed E-state index contributed by atoms with van der Waals surface area (Å²) in [5.41, 5.74) is 0.339. The largest absolute Gasteiger partial charge is 0.481 e. The molecule has 1 saturated heterocycles. The zero-order valence-corrected chi connectivity index (χ0v) is 10.1. The molecule has 2 atom stereocenters. The Kier molecular flexibility index (Phi) is 3.78. The van der Waals surface area contributed by atoms with Crippen LogP contribution in [0.25, 0.3) is 0 Å². The third kappa shape index (κ3) is 2.77. The number of aromatic nitrogens is 1. The fraction of sp³-hybridized carbons (Fsp3) is 0.364. The number of carboxylic acid groups (broad SMARTS) is 1. The third-order valence-corrected chi connectivity index (χ3v) is 2.91. The Morgan fingerprint density at radius 2 is 2.28 bits per heavy atom. The molecule has 1 aromatic rings. The highest BCUT2D eigenvalue weighted by Gasteiger charge is 2.35. The number of halogens is 1. The highest BCUT2D eigenvalue weighted by Crippen LogP contribution is 2.15. The number of nitrogens with zero attached hydrogens (tertiary/aromatic N) is 1. The number of ether oxygens (including phenoxy) is 1. The van der Waals surface area contributed by atoms with Gasteiger partial charge in [0.25, 0.3) is 5.91 Å². The summed E-state index contributed by atoms with van der Waals surface area (Å²) in [5.74, 6) is -2.09. The van der Waals surface area contributed by atoms with Gasteiger partial charge in [0, 0.05) is 11.8 Å². The summed E-state index contributed by atoms with van der Waals surface area (Å²) in [6.45, 7) is 0.304. The molecule has 0 radical (unpaired) electrons. The van der Waals surface area contributed by atoms with Crippen molar-refractivity contribution in [3.8, 4) is 0 Å². The number of hydrogen-bond acceptors (Lipinski definition) is 4. The number of rotatable bonds is 3. The summed E-state index contributed by atoms with van der Waals surface area (Å²) < 4.78 is 5.06. The second-order valence-corrected chi connectivity index (χ2v) is 4.32. The summed E-state index contributed by atoms with van der Waals surface area (Å²) >= 11 is 5.67. The first-order valence-corrected chi connectivity index (χ1v) is 5.68. The van der Waals surface area contributed by atoms with Crippen molar-refractivity contribution in [2.24, 2.45) is 5.92 Å². The van der Waals surface area contributed by atoms with Gasteiger partial charge in [0.1, 0.15) is 11.1 Å². The molecule has 0 aromatic carbocycles. The SMILES string of the molecule is O=C(NC1COCC1C(=O)O)c1ccnc(Cl)c1. The van der Waals surface area contributed by atoms with E-state index in [4.69, 9.17) is 21.4 Å². The van der Waals surface area contributed by atoms with E-state index < -0.39 is 17.9 Å². The molecule has 96 valence electrons. The number of nitrogens with one attached hydrogen (secondary N) is 1. The molecular weight excluding hydrogens is 260 g/mol. The van der Waals surface area contributed by atoms with Gasteiger partial charge >= 0.3 is 5.97 Å². The molecule has 6 nitrogen and oxygen atoms in total. The Labute approximate surface area is 108 Å². The number of pyridine rings is 1. The van der Waals surface area contributed by atoms with Gasteiger partial charge in [-0.15, -0.1) is 0 Å². The van der Waals surface area contributed by atoms with Crippen LogP contribution in [-0.4, -0.2) is 41.2 Å². The van der Waals surface area contributed by atoms with Crippen molar-refractivity contribution >= 4 is 23.5 Å². The molecule has 1 aliphatic heterocycles. The van der Waals surface area contributed by atoms with Crippen LogP contribution in [0, 0.1) is 5.92 Å². The molecule has 2 rings (SSSR count). The highest BCUT2D eigenvalue weighted by molar-refractivity contribution is 6.29. The van der Waals surface area contributed by atoms with Gasteiger partial charge in [-0.25, -0.2) is 4.98 Å². The van der Waals surface area contributed by atoms with Crippen LogP contribution >= 0.6 is 11.6 Å². The monoisotopic (exact) mass is 270 g/mol. The number of carboxylic acids is 1. The van der Waals surface area contributed by atoms with E-state index in [-0.39, 0.29) is 24.3 Å². The van der Waals surface area contributed by atoms with E-state index in [0.717, 1.165) is 0 Å². The van der Waals surface area contributed by atoms with Crippen LogP contribution in [0.2, 0.25) is 5.15 Å². The average Bonchev–Trinajstić information content (AvgIpc) is 2.77. The highest BCUT2D eigenvalue weighted by atomic mass is 35.5. The van der Waals surface area contributed by atoms with Gasteiger partial charge in [-0.2, -0.15) is 0 Å². The number of hydrogen-bond donors (Lipinski definition) is 2. The topological polar surface area (TPSA) is 88.5 Å². The molecule has 0 spiro atoms. The van der Waals surface area contributed by atoms with Gasteiger partial charge in [-0.3, -0.25) is 9.59 Å². The lowest BCUT2D eigenvalue weighted by atomic mass is 10.0. The molecule has 0 bridgehead atoms. The summed E-state index contributed by atoms with van der Waals surface area (Å²) in [6.07, 6.45) is 1.41. The second-order valence-electron chi connectivity index (χ2n) is 3.93. The number of aliphatic carboxylic acids is 1. The van der Waals surface area contributed by atoms with E-state index >= 15 is 0 Å². The smallest absolute Gasteiger partial charge is 0.311 e. The van der Waals surface area contributed by atoms with Crippen molar-refractivity contribution in [2.45, 2.75) is 6.04 Å². The van der Waals surface area contributed by atoms with Crippen molar-refractivity contribution in [1.29, 1.82) is 0 Å². The van der Waals surface area contributed by atoms with Crippen molar-refractivity contribution < 1.29 is 19.4 Å². The lowest BCUT2D eigenvalue weighted by Crippen LogP contribution is -2.42. The van der Waals surface area contributed by atoms with Crippen LogP contribution in [0.4, 0.5) is 0 Å². The fourth-order valence-corrected chi connectivity index (χ4v) is 1.91. The molecule has 1 aromatic heterocycles. The Balaban J connectivity index is 2.05. The molecule has 1 amide bonds. The van der Waals surface area contributed by atoms with E-state index in [9.17, 15) is 9.59 Å². The van der Waals surface area contributed by atoms with E-state index in [2.05, 4.69) is 10.3 Å². The quantitative estimate of drug-likeness (QED) is 0.784. The molecule has 18 heavy (non-hydrogen) atoms. The summed E-state index contributed by atoms with van der Waals surface area (Å²) in [6, 6.07) is 2.40. The maximum absolute atomic E-state index is 11.9. The van der Waals surface area contributed by atoms with Crippen molar-refractivity contribution in [3.05, 3.63) is 29.0 Å². The first-order chi connectivity index (χ1) is 8.58. The van der Waals surface area contributed by atoms with Gasteiger partial charge in [-0.05, 0) is 12.1 Å².